The maximum absolute atomic E-state index is 13.6. The van der Waals surface area contributed by atoms with Crippen molar-refractivity contribution in [1.82, 2.24) is 9.88 Å². The first-order valence-electron chi connectivity index (χ1n) is 15.5. The topological polar surface area (TPSA) is 92.2 Å². The average molecular weight is 678 g/mol. The monoisotopic (exact) mass is 677 g/mol. The van der Waals surface area contributed by atoms with Crippen molar-refractivity contribution in [2.45, 2.75) is 70.1 Å². The SMILES string of the molecule is COc1ccc([C@H]2C[C@H](C(=O)O)C2)cc1-c1c(C)cc(N2CCC2)nc1CN1C(=O)O[C@H](c2cc(C(F)(F)F)cc(C(F)(F)F)c2)[C@@H]1C. The Bertz CT molecular complexity index is 1720. The van der Waals surface area contributed by atoms with Crippen LogP contribution in [0.25, 0.3) is 11.1 Å². The van der Waals surface area contributed by atoms with Gasteiger partial charge < -0.3 is 19.5 Å². The summed E-state index contributed by atoms with van der Waals surface area (Å²) in [6.07, 6.45) is -10.5. The Hall–Kier alpha value is -4.49. The normalized spacial score (nSPS) is 22.6. The van der Waals surface area contributed by atoms with Gasteiger partial charge in [0.15, 0.2) is 0 Å². The highest BCUT2D eigenvalue weighted by atomic mass is 19.4. The van der Waals surface area contributed by atoms with Crippen LogP contribution in [-0.2, 0) is 28.4 Å². The first-order chi connectivity index (χ1) is 22.5. The van der Waals surface area contributed by atoms with Gasteiger partial charge in [-0.1, -0.05) is 6.07 Å². The molecule has 2 aromatic carbocycles. The fraction of sp³-hybridized carbons (Fsp3) is 0.441. The number of cyclic esters (lactones) is 1. The van der Waals surface area contributed by atoms with Gasteiger partial charge in [-0.15, -0.1) is 0 Å². The van der Waals surface area contributed by atoms with Crippen LogP contribution in [0.5, 0.6) is 5.75 Å². The molecule has 48 heavy (non-hydrogen) atoms. The number of ether oxygens (including phenoxy) is 2. The van der Waals surface area contributed by atoms with Crippen LogP contribution >= 0.6 is 0 Å². The molecule has 0 spiro atoms. The zero-order valence-corrected chi connectivity index (χ0v) is 26.3. The average Bonchev–Trinajstić information content (AvgIpc) is 3.22. The number of aryl methyl sites for hydroxylation is 1. The number of benzene rings is 2. The summed E-state index contributed by atoms with van der Waals surface area (Å²) in [6, 6.07) is 7.76. The molecule has 8 nitrogen and oxygen atoms in total. The number of rotatable bonds is 8. The molecule has 1 N–H and O–H groups in total. The lowest BCUT2D eigenvalue weighted by atomic mass is 9.71. The van der Waals surface area contributed by atoms with Crippen LogP contribution in [0.1, 0.15) is 71.7 Å². The number of alkyl halides is 6. The number of carbonyl (C=O) groups is 2. The Balaban J connectivity index is 1.39. The zero-order chi connectivity index (χ0) is 34.7. The minimum atomic E-state index is -5.06. The Morgan fingerprint density at radius 1 is 1.00 bits per heavy atom. The van der Waals surface area contributed by atoms with E-state index in [4.69, 9.17) is 14.5 Å². The second-order valence-electron chi connectivity index (χ2n) is 12.6. The Labute approximate surface area is 272 Å². The summed E-state index contributed by atoms with van der Waals surface area (Å²) in [5.74, 6) is -0.0607. The van der Waals surface area contributed by atoms with Crippen LogP contribution in [0.15, 0.2) is 42.5 Å². The molecule has 1 amide bonds. The van der Waals surface area contributed by atoms with Gasteiger partial charge in [0.2, 0.25) is 0 Å². The number of carboxylic acid groups (broad SMARTS) is 1. The maximum Gasteiger partial charge on any atom is 0.416 e. The van der Waals surface area contributed by atoms with Crippen LogP contribution < -0.4 is 9.64 Å². The largest absolute Gasteiger partial charge is 0.496 e. The van der Waals surface area contributed by atoms with E-state index in [1.807, 2.05) is 25.1 Å². The van der Waals surface area contributed by atoms with Crippen molar-refractivity contribution in [3.63, 3.8) is 0 Å². The molecule has 2 aliphatic heterocycles. The molecule has 3 aromatic rings. The van der Waals surface area contributed by atoms with E-state index in [-0.39, 0.29) is 18.5 Å². The highest BCUT2D eigenvalue weighted by Gasteiger charge is 2.44. The fourth-order valence-electron chi connectivity index (χ4n) is 6.64. The first kappa shape index (κ1) is 33.4. The summed E-state index contributed by atoms with van der Waals surface area (Å²) in [6.45, 7) is 4.79. The number of carboxylic acids is 1. The number of anilines is 1. The zero-order valence-electron chi connectivity index (χ0n) is 26.3. The van der Waals surface area contributed by atoms with Gasteiger partial charge in [-0.2, -0.15) is 26.3 Å². The van der Waals surface area contributed by atoms with E-state index in [1.54, 1.807) is 6.07 Å². The lowest BCUT2D eigenvalue weighted by Gasteiger charge is -2.34. The van der Waals surface area contributed by atoms with Crippen LogP contribution in [0.4, 0.5) is 37.0 Å². The summed E-state index contributed by atoms with van der Waals surface area (Å²) >= 11 is 0. The number of aliphatic carboxylic acids is 1. The summed E-state index contributed by atoms with van der Waals surface area (Å²) < 4.78 is 92.9. The molecule has 0 bridgehead atoms. The molecule has 0 radical (unpaired) electrons. The molecule has 1 aliphatic carbocycles. The number of methoxy groups -OCH3 is 1. The number of nitrogens with zero attached hydrogens (tertiary/aromatic N) is 3. The summed E-state index contributed by atoms with van der Waals surface area (Å²) in [5, 5.41) is 9.38. The van der Waals surface area contributed by atoms with Gasteiger partial charge in [0.05, 0.1) is 42.4 Å². The lowest BCUT2D eigenvalue weighted by Crippen LogP contribution is -2.38. The fourth-order valence-corrected chi connectivity index (χ4v) is 6.64. The van der Waals surface area contributed by atoms with E-state index < -0.39 is 59.2 Å². The number of halogens is 6. The van der Waals surface area contributed by atoms with Crippen molar-refractivity contribution in [3.05, 3.63) is 76.0 Å². The number of aromatic nitrogens is 1. The predicted molar refractivity (Wildman–Crippen MR) is 162 cm³/mol. The van der Waals surface area contributed by atoms with Gasteiger partial charge in [-0.05, 0) is 92.1 Å². The Kier molecular flexibility index (Phi) is 8.49. The van der Waals surface area contributed by atoms with Crippen molar-refractivity contribution in [1.29, 1.82) is 0 Å². The minimum absolute atomic E-state index is 0.0243. The van der Waals surface area contributed by atoms with Crippen LogP contribution in [0, 0.1) is 12.8 Å². The van der Waals surface area contributed by atoms with Gasteiger partial charge in [0, 0.05) is 24.2 Å². The maximum atomic E-state index is 13.6. The molecule has 1 saturated carbocycles. The summed E-state index contributed by atoms with van der Waals surface area (Å²) in [7, 11) is 1.51. The lowest BCUT2D eigenvalue weighted by molar-refractivity contribution is -0.145. The Morgan fingerprint density at radius 3 is 2.19 bits per heavy atom. The molecule has 2 saturated heterocycles. The second-order valence-corrected chi connectivity index (χ2v) is 12.6. The molecule has 14 heteroatoms. The molecule has 256 valence electrons. The van der Waals surface area contributed by atoms with Crippen molar-refractivity contribution in [2.75, 3.05) is 25.1 Å². The van der Waals surface area contributed by atoms with Crippen LogP contribution in [-0.4, -0.2) is 53.3 Å². The molecule has 1 aromatic heterocycles. The third-order valence-corrected chi connectivity index (χ3v) is 9.56. The van der Waals surface area contributed by atoms with Gasteiger partial charge in [-0.25, -0.2) is 9.78 Å². The van der Waals surface area contributed by atoms with Crippen molar-refractivity contribution < 1.29 is 50.5 Å². The molecule has 0 unspecified atom stereocenters. The van der Waals surface area contributed by atoms with E-state index in [9.17, 15) is 41.0 Å². The van der Waals surface area contributed by atoms with Gasteiger partial charge in [0.1, 0.15) is 17.7 Å². The van der Waals surface area contributed by atoms with E-state index in [2.05, 4.69) is 4.90 Å². The van der Waals surface area contributed by atoms with Crippen molar-refractivity contribution in [2.24, 2.45) is 5.92 Å². The van der Waals surface area contributed by atoms with Crippen LogP contribution in [0.3, 0.4) is 0 Å². The van der Waals surface area contributed by atoms with Gasteiger partial charge in [0.25, 0.3) is 0 Å². The molecule has 2 atom stereocenters. The highest BCUT2D eigenvalue weighted by Crippen LogP contribution is 2.46. The smallest absolute Gasteiger partial charge is 0.416 e. The third-order valence-electron chi connectivity index (χ3n) is 9.56. The molecule has 3 aliphatic rings. The number of hydrogen-bond donors (Lipinski definition) is 1. The van der Waals surface area contributed by atoms with Crippen LogP contribution in [0.2, 0.25) is 0 Å². The number of pyridine rings is 1. The molecular formula is C34H33F6N3O5. The first-order valence-corrected chi connectivity index (χ1v) is 15.5. The van der Waals surface area contributed by atoms with Gasteiger partial charge >= 0.3 is 24.4 Å². The van der Waals surface area contributed by atoms with E-state index in [0.29, 0.717) is 53.4 Å². The number of hydrogen-bond acceptors (Lipinski definition) is 6. The number of amides is 1. The van der Waals surface area contributed by atoms with E-state index >= 15 is 0 Å². The highest BCUT2D eigenvalue weighted by molar-refractivity contribution is 5.79. The standard InChI is InChI=1S/C34H33F6N3O5/c1-17-9-28(42-7-4-8-42)41-26(29(17)25-14-19(5-6-27(25)47-3)20-10-22(11-20)31(44)45)16-43-18(2)30(48-32(43)46)21-12-23(33(35,36)37)15-24(13-21)34(38,39)40/h5-6,9,12-15,18,20,22,30H,4,7-8,10-11,16H2,1-3H3,(H,44,45)/t18-,20-,22-,30-/m0/s1. The molecule has 3 fully saturated rings. The summed E-state index contributed by atoms with van der Waals surface area (Å²) in [5.41, 5.74) is 0.0520. The second kappa shape index (κ2) is 12.2. The van der Waals surface area contributed by atoms with E-state index in [1.165, 1.54) is 18.9 Å². The molecular weight excluding hydrogens is 644 g/mol. The number of carbonyl (C=O) groups excluding carboxylic acids is 1. The minimum Gasteiger partial charge on any atom is -0.496 e. The van der Waals surface area contributed by atoms with E-state index in [0.717, 1.165) is 30.6 Å². The summed E-state index contributed by atoms with van der Waals surface area (Å²) in [4.78, 5) is 33.0. The van der Waals surface area contributed by atoms with Crippen molar-refractivity contribution >= 4 is 17.9 Å². The molecule has 3 heterocycles. The van der Waals surface area contributed by atoms with Crippen molar-refractivity contribution in [3.8, 4) is 16.9 Å². The predicted octanol–water partition coefficient (Wildman–Crippen LogP) is 7.97. The molecule has 6 rings (SSSR count). The Morgan fingerprint density at radius 2 is 1.65 bits per heavy atom. The van der Waals surface area contributed by atoms with Gasteiger partial charge in [-0.3, -0.25) is 9.69 Å². The third kappa shape index (κ3) is 6.24. The quantitative estimate of drug-likeness (QED) is 0.242.